The zero-order valence-electron chi connectivity index (χ0n) is 11.6. The summed E-state index contributed by atoms with van der Waals surface area (Å²) in [7, 11) is 1.52. The van der Waals surface area contributed by atoms with E-state index < -0.39 is 23.1 Å². The van der Waals surface area contributed by atoms with Crippen LogP contribution in [0.1, 0.15) is 15.9 Å². The van der Waals surface area contributed by atoms with Crippen molar-refractivity contribution in [2.45, 2.75) is 13.0 Å². The molecule has 20 heavy (non-hydrogen) atoms. The first-order valence-corrected chi connectivity index (χ1v) is 6.53. The van der Waals surface area contributed by atoms with Crippen molar-refractivity contribution in [1.82, 2.24) is 10.2 Å². The number of amides is 1. The number of rotatable bonds is 3. The molecule has 1 aromatic rings. The van der Waals surface area contributed by atoms with Gasteiger partial charge in [0.2, 0.25) is 0 Å². The molecule has 1 aliphatic rings. The molecule has 0 aliphatic carbocycles. The van der Waals surface area contributed by atoms with E-state index in [2.05, 4.69) is 5.32 Å². The zero-order valence-corrected chi connectivity index (χ0v) is 11.6. The van der Waals surface area contributed by atoms with Crippen molar-refractivity contribution in [3.63, 3.8) is 0 Å². The van der Waals surface area contributed by atoms with E-state index in [0.29, 0.717) is 19.7 Å². The Labute approximate surface area is 116 Å². The van der Waals surface area contributed by atoms with Gasteiger partial charge in [-0.3, -0.25) is 4.79 Å². The van der Waals surface area contributed by atoms with Gasteiger partial charge >= 0.3 is 0 Å². The molecule has 4 nitrogen and oxygen atoms in total. The Morgan fingerprint density at radius 3 is 2.90 bits per heavy atom. The van der Waals surface area contributed by atoms with Crippen molar-refractivity contribution in [2.75, 3.05) is 33.3 Å². The number of carbonyl (C=O) groups excluding carboxylic acids is 1. The van der Waals surface area contributed by atoms with Crippen LogP contribution in [-0.2, 0) is 4.74 Å². The minimum absolute atomic E-state index is 0.159. The molecule has 0 radical (unpaired) electrons. The Bertz CT molecular complexity index is 502. The predicted octanol–water partition coefficient (Wildman–Crippen LogP) is 1.33. The predicted molar refractivity (Wildman–Crippen MR) is 70.7 cm³/mol. The van der Waals surface area contributed by atoms with Crippen LogP contribution >= 0.6 is 0 Å². The second-order valence-electron chi connectivity index (χ2n) is 4.94. The van der Waals surface area contributed by atoms with Crippen molar-refractivity contribution in [3.05, 3.63) is 34.9 Å². The number of carbonyl (C=O) groups is 1. The van der Waals surface area contributed by atoms with Crippen molar-refractivity contribution in [2.24, 2.45) is 0 Å². The third-order valence-corrected chi connectivity index (χ3v) is 3.33. The summed E-state index contributed by atoms with van der Waals surface area (Å²) in [6, 6.07) is 2.42. The summed E-state index contributed by atoms with van der Waals surface area (Å²) >= 11 is 0. The summed E-state index contributed by atoms with van der Waals surface area (Å²) in [5.74, 6) is -2.31. The molecule has 110 valence electrons. The van der Waals surface area contributed by atoms with E-state index in [1.54, 1.807) is 0 Å². The Kier molecular flexibility index (Phi) is 4.67. The normalized spacial score (nSPS) is 18.9. The van der Waals surface area contributed by atoms with E-state index in [4.69, 9.17) is 4.74 Å². The second-order valence-corrected chi connectivity index (χ2v) is 4.94. The third kappa shape index (κ3) is 3.13. The van der Waals surface area contributed by atoms with Crippen molar-refractivity contribution in [1.29, 1.82) is 0 Å². The SMILES string of the molecule is Cc1ccc(F)c(C(=O)N(C)CC2CNCCO2)c1F. The van der Waals surface area contributed by atoms with Gasteiger partial charge in [-0.15, -0.1) is 0 Å². The number of nitrogens with zero attached hydrogens (tertiary/aromatic N) is 1. The Balaban J connectivity index is 2.12. The molecule has 0 saturated carbocycles. The van der Waals surface area contributed by atoms with Crippen molar-refractivity contribution in [3.8, 4) is 0 Å². The molecule has 1 heterocycles. The highest BCUT2D eigenvalue weighted by Gasteiger charge is 2.25. The number of likely N-dealkylation sites (N-methyl/N-ethyl adjacent to an activating group) is 1. The molecule has 6 heteroatoms. The van der Waals surface area contributed by atoms with Gasteiger partial charge in [-0.25, -0.2) is 8.78 Å². The summed E-state index contributed by atoms with van der Waals surface area (Å²) in [6.45, 7) is 3.75. The highest BCUT2D eigenvalue weighted by atomic mass is 19.1. The molecule has 0 aromatic heterocycles. The van der Waals surface area contributed by atoms with E-state index in [1.165, 1.54) is 24.9 Å². The molecule has 1 N–H and O–H groups in total. The highest BCUT2D eigenvalue weighted by molar-refractivity contribution is 5.94. The third-order valence-electron chi connectivity index (χ3n) is 3.33. The fourth-order valence-electron chi connectivity index (χ4n) is 2.17. The largest absolute Gasteiger partial charge is 0.374 e. The zero-order chi connectivity index (χ0) is 14.7. The molecule has 1 amide bonds. The fraction of sp³-hybridized carbons (Fsp3) is 0.500. The van der Waals surface area contributed by atoms with E-state index in [1.807, 2.05) is 0 Å². The molecule has 1 aliphatic heterocycles. The van der Waals surface area contributed by atoms with Crippen LogP contribution in [0.25, 0.3) is 0 Å². The summed E-state index contributed by atoms with van der Waals surface area (Å²) in [6.07, 6.45) is -0.159. The topological polar surface area (TPSA) is 41.6 Å². The number of hydrogen-bond acceptors (Lipinski definition) is 3. The van der Waals surface area contributed by atoms with Crippen LogP contribution in [0.15, 0.2) is 12.1 Å². The molecule has 1 saturated heterocycles. The van der Waals surface area contributed by atoms with Crippen LogP contribution in [0.4, 0.5) is 8.78 Å². The lowest BCUT2D eigenvalue weighted by Gasteiger charge is -2.28. The highest BCUT2D eigenvalue weighted by Crippen LogP contribution is 2.18. The molecular weight excluding hydrogens is 266 g/mol. The van der Waals surface area contributed by atoms with Crippen molar-refractivity contribution >= 4 is 5.91 Å². The molecule has 0 spiro atoms. The van der Waals surface area contributed by atoms with Crippen LogP contribution < -0.4 is 5.32 Å². The fourth-order valence-corrected chi connectivity index (χ4v) is 2.17. The van der Waals surface area contributed by atoms with Gasteiger partial charge in [-0.2, -0.15) is 0 Å². The van der Waals surface area contributed by atoms with Gasteiger partial charge in [0.15, 0.2) is 0 Å². The summed E-state index contributed by atoms with van der Waals surface area (Å²) in [5.41, 5.74) is -0.255. The van der Waals surface area contributed by atoms with Gasteiger partial charge in [0.1, 0.15) is 17.2 Å². The Hall–Kier alpha value is -1.53. The number of benzene rings is 1. The van der Waals surface area contributed by atoms with Crippen LogP contribution in [0.3, 0.4) is 0 Å². The molecule has 2 rings (SSSR count). The Morgan fingerprint density at radius 1 is 1.50 bits per heavy atom. The number of morpholine rings is 1. The molecule has 1 atom stereocenters. The lowest BCUT2D eigenvalue weighted by molar-refractivity contribution is 0.0101. The first-order chi connectivity index (χ1) is 9.50. The van der Waals surface area contributed by atoms with Gasteiger partial charge in [0.25, 0.3) is 5.91 Å². The van der Waals surface area contributed by atoms with Crippen LogP contribution in [-0.4, -0.2) is 50.2 Å². The van der Waals surface area contributed by atoms with Crippen LogP contribution in [0.2, 0.25) is 0 Å². The van der Waals surface area contributed by atoms with E-state index >= 15 is 0 Å². The molecule has 1 fully saturated rings. The standard InChI is InChI=1S/C14H18F2N2O2/c1-9-3-4-11(15)12(13(9)16)14(19)18(2)8-10-7-17-5-6-20-10/h3-4,10,17H,5-8H2,1-2H3. The Morgan fingerprint density at radius 2 is 2.25 bits per heavy atom. The minimum Gasteiger partial charge on any atom is -0.374 e. The van der Waals surface area contributed by atoms with Gasteiger partial charge < -0.3 is 15.0 Å². The summed E-state index contributed by atoms with van der Waals surface area (Å²) < 4.78 is 33.1. The average Bonchev–Trinajstić information content (AvgIpc) is 2.44. The maximum Gasteiger partial charge on any atom is 0.259 e. The van der Waals surface area contributed by atoms with Gasteiger partial charge in [-0.05, 0) is 18.6 Å². The first-order valence-electron chi connectivity index (χ1n) is 6.53. The summed E-state index contributed by atoms with van der Waals surface area (Å²) in [5, 5.41) is 3.14. The minimum atomic E-state index is -0.840. The smallest absolute Gasteiger partial charge is 0.259 e. The molecule has 1 aromatic carbocycles. The number of nitrogens with one attached hydrogen (secondary N) is 1. The number of aryl methyl sites for hydroxylation is 1. The lowest BCUT2D eigenvalue weighted by atomic mass is 10.1. The van der Waals surface area contributed by atoms with E-state index in [-0.39, 0.29) is 11.7 Å². The maximum absolute atomic E-state index is 13.9. The molecule has 1 unspecified atom stereocenters. The number of ether oxygens (including phenoxy) is 1. The number of halogens is 2. The molecular formula is C14H18F2N2O2. The monoisotopic (exact) mass is 284 g/mol. The summed E-state index contributed by atoms with van der Waals surface area (Å²) in [4.78, 5) is 13.5. The quantitative estimate of drug-likeness (QED) is 0.910. The first kappa shape index (κ1) is 14.9. The average molecular weight is 284 g/mol. The van der Waals surface area contributed by atoms with Crippen LogP contribution in [0.5, 0.6) is 0 Å². The van der Waals surface area contributed by atoms with E-state index in [0.717, 1.165) is 12.6 Å². The van der Waals surface area contributed by atoms with Gasteiger partial charge in [0, 0.05) is 26.7 Å². The van der Waals surface area contributed by atoms with Crippen LogP contribution in [0, 0.1) is 18.6 Å². The van der Waals surface area contributed by atoms with Gasteiger partial charge in [0.05, 0.1) is 12.7 Å². The lowest BCUT2D eigenvalue weighted by Crippen LogP contribution is -2.46. The van der Waals surface area contributed by atoms with Crippen molar-refractivity contribution < 1.29 is 18.3 Å². The maximum atomic E-state index is 13.9. The molecule has 0 bridgehead atoms. The van der Waals surface area contributed by atoms with E-state index in [9.17, 15) is 13.6 Å². The number of hydrogen-bond donors (Lipinski definition) is 1. The second kappa shape index (κ2) is 6.28. The van der Waals surface area contributed by atoms with Gasteiger partial charge in [-0.1, -0.05) is 6.07 Å².